The molecule has 6 heteroatoms. The van der Waals surface area contributed by atoms with Crippen molar-refractivity contribution in [1.29, 1.82) is 0 Å². The highest BCUT2D eigenvalue weighted by atomic mass is 16.5. The van der Waals surface area contributed by atoms with Gasteiger partial charge >= 0.3 is 0 Å². The van der Waals surface area contributed by atoms with Crippen molar-refractivity contribution in [2.75, 3.05) is 20.2 Å². The molecule has 0 radical (unpaired) electrons. The minimum absolute atomic E-state index is 0.121. The molecule has 1 aromatic heterocycles. The first-order chi connectivity index (χ1) is 13.2. The molecule has 0 bridgehead atoms. The smallest absolute Gasteiger partial charge is 0.272 e. The number of carbonyl (C=O) groups excluding carboxylic acids is 1. The number of hydrogen-bond donors (Lipinski definition) is 0. The summed E-state index contributed by atoms with van der Waals surface area (Å²) in [4.78, 5) is 15.1. The number of aryl methyl sites for hydroxylation is 2. The summed E-state index contributed by atoms with van der Waals surface area (Å²) in [5, 5.41) is 4.59. The Bertz CT molecular complexity index is 805. The van der Waals surface area contributed by atoms with Crippen LogP contribution in [0.2, 0.25) is 0 Å². The number of nitrogens with zero attached hydrogens (tertiary/aromatic N) is 3. The Balaban J connectivity index is 1.37. The van der Waals surface area contributed by atoms with Crippen LogP contribution in [0.5, 0.6) is 11.5 Å². The van der Waals surface area contributed by atoms with E-state index in [0.29, 0.717) is 0 Å². The Labute approximate surface area is 160 Å². The standard InChI is InChI=1S/C21H27N3O3/c1-23-20(18-5-3-4-6-19(18)22-23)21(25)24-13-11-17(12-14-24)27-16-9-7-15(26-2)8-10-16/h7-10,17H,3-6,11-14H2,1-2H3. The Kier molecular flexibility index (Phi) is 5.05. The molecule has 0 N–H and O–H groups in total. The number of likely N-dealkylation sites (tertiary alicyclic amines) is 1. The summed E-state index contributed by atoms with van der Waals surface area (Å²) >= 11 is 0. The summed E-state index contributed by atoms with van der Waals surface area (Å²) in [6, 6.07) is 7.66. The van der Waals surface area contributed by atoms with Crippen molar-refractivity contribution in [2.45, 2.75) is 44.6 Å². The molecule has 6 nitrogen and oxygen atoms in total. The molecule has 4 rings (SSSR count). The number of methoxy groups -OCH3 is 1. The van der Waals surface area contributed by atoms with Gasteiger partial charge in [-0.2, -0.15) is 5.10 Å². The number of carbonyl (C=O) groups is 1. The van der Waals surface area contributed by atoms with Gasteiger partial charge in [-0.1, -0.05) is 0 Å². The fraction of sp³-hybridized carbons (Fsp3) is 0.524. The molecule has 2 aliphatic rings. The zero-order valence-electron chi connectivity index (χ0n) is 16.1. The fourth-order valence-electron chi connectivity index (χ4n) is 4.12. The highest BCUT2D eigenvalue weighted by molar-refractivity contribution is 5.94. The topological polar surface area (TPSA) is 56.6 Å². The molecule has 1 fully saturated rings. The van der Waals surface area contributed by atoms with Gasteiger partial charge in [-0.15, -0.1) is 0 Å². The van der Waals surface area contributed by atoms with Crippen LogP contribution in [0.4, 0.5) is 0 Å². The third kappa shape index (κ3) is 3.66. The maximum absolute atomic E-state index is 13.1. The van der Waals surface area contributed by atoms with E-state index in [4.69, 9.17) is 9.47 Å². The highest BCUT2D eigenvalue weighted by Gasteiger charge is 2.30. The second kappa shape index (κ2) is 7.62. The number of hydrogen-bond acceptors (Lipinski definition) is 4. The van der Waals surface area contributed by atoms with Crippen molar-refractivity contribution in [2.24, 2.45) is 7.05 Å². The Morgan fingerprint density at radius 3 is 2.44 bits per heavy atom. The summed E-state index contributed by atoms with van der Waals surface area (Å²) < 4.78 is 13.0. The molecule has 1 aromatic carbocycles. The molecule has 27 heavy (non-hydrogen) atoms. The molecule has 0 saturated carbocycles. The Morgan fingerprint density at radius 2 is 1.74 bits per heavy atom. The van der Waals surface area contributed by atoms with Gasteiger partial charge in [0.2, 0.25) is 0 Å². The Morgan fingerprint density at radius 1 is 1.07 bits per heavy atom. The largest absolute Gasteiger partial charge is 0.497 e. The number of piperidine rings is 1. The van der Waals surface area contributed by atoms with Crippen molar-refractivity contribution in [3.05, 3.63) is 41.2 Å². The van der Waals surface area contributed by atoms with Gasteiger partial charge in [0.1, 0.15) is 23.3 Å². The summed E-state index contributed by atoms with van der Waals surface area (Å²) in [6.45, 7) is 1.44. The van der Waals surface area contributed by atoms with Gasteiger partial charge in [0.15, 0.2) is 0 Å². The lowest BCUT2D eigenvalue weighted by atomic mass is 9.95. The van der Waals surface area contributed by atoms with Gasteiger partial charge in [-0.3, -0.25) is 9.48 Å². The molecule has 0 atom stereocenters. The lowest BCUT2D eigenvalue weighted by Crippen LogP contribution is -2.42. The summed E-state index contributed by atoms with van der Waals surface area (Å²) in [5.41, 5.74) is 3.08. The van der Waals surface area contributed by atoms with Crippen molar-refractivity contribution in [3.63, 3.8) is 0 Å². The molecule has 1 saturated heterocycles. The zero-order chi connectivity index (χ0) is 18.8. The van der Waals surface area contributed by atoms with Crippen LogP contribution in [0, 0.1) is 0 Å². The molecule has 2 heterocycles. The summed E-state index contributed by atoms with van der Waals surface area (Å²) in [7, 11) is 3.55. The van der Waals surface area contributed by atoms with E-state index in [0.717, 1.165) is 68.1 Å². The molecule has 2 aromatic rings. The van der Waals surface area contributed by atoms with E-state index in [-0.39, 0.29) is 12.0 Å². The van der Waals surface area contributed by atoms with Crippen molar-refractivity contribution >= 4 is 5.91 Å². The van der Waals surface area contributed by atoms with Gasteiger partial charge in [-0.25, -0.2) is 0 Å². The number of fused-ring (bicyclic) bond motifs is 1. The number of ether oxygens (including phenoxy) is 2. The average molecular weight is 369 g/mol. The van der Waals surface area contributed by atoms with E-state index in [1.165, 1.54) is 12.0 Å². The molecule has 0 unspecified atom stereocenters. The van der Waals surface area contributed by atoms with Crippen molar-refractivity contribution in [3.8, 4) is 11.5 Å². The maximum atomic E-state index is 13.1. The van der Waals surface area contributed by atoms with Crippen LogP contribution in [0.3, 0.4) is 0 Å². The first-order valence-electron chi connectivity index (χ1n) is 9.80. The highest BCUT2D eigenvalue weighted by Crippen LogP contribution is 2.26. The minimum atomic E-state index is 0.121. The van der Waals surface area contributed by atoms with Gasteiger partial charge in [0, 0.05) is 38.5 Å². The monoisotopic (exact) mass is 369 g/mol. The molecule has 0 spiro atoms. The van der Waals surface area contributed by atoms with E-state index >= 15 is 0 Å². The van der Waals surface area contributed by atoms with Crippen molar-refractivity contribution in [1.82, 2.24) is 14.7 Å². The third-order valence-corrected chi connectivity index (χ3v) is 5.61. The van der Waals surface area contributed by atoms with Crippen LogP contribution in [0.15, 0.2) is 24.3 Å². The van der Waals surface area contributed by atoms with E-state index in [1.54, 1.807) is 11.8 Å². The average Bonchev–Trinajstić information content (AvgIpc) is 3.04. The van der Waals surface area contributed by atoms with E-state index in [2.05, 4.69) is 5.10 Å². The predicted octanol–water partition coefficient (Wildman–Crippen LogP) is 2.99. The second-order valence-electron chi connectivity index (χ2n) is 7.39. The first kappa shape index (κ1) is 17.9. The molecule has 1 aliphatic carbocycles. The number of rotatable bonds is 4. The van der Waals surface area contributed by atoms with E-state index < -0.39 is 0 Å². The van der Waals surface area contributed by atoms with Crippen LogP contribution < -0.4 is 9.47 Å². The van der Waals surface area contributed by atoms with Crippen LogP contribution in [0.1, 0.15) is 47.4 Å². The van der Waals surface area contributed by atoms with Crippen LogP contribution in [-0.4, -0.2) is 46.9 Å². The number of benzene rings is 1. The van der Waals surface area contributed by atoms with Gasteiger partial charge in [0.25, 0.3) is 5.91 Å². The molecule has 1 aliphatic heterocycles. The van der Waals surface area contributed by atoms with Gasteiger partial charge < -0.3 is 14.4 Å². The molecule has 144 valence electrons. The minimum Gasteiger partial charge on any atom is -0.497 e. The third-order valence-electron chi connectivity index (χ3n) is 5.61. The second-order valence-corrected chi connectivity index (χ2v) is 7.39. The van der Waals surface area contributed by atoms with Crippen LogP contribution in [0.25, 0.3) is 0 Å². The first-order valence-corrected chi connectivity index (χ1v) is 9.80. The lowest BCUT2D eigenvalue weighted by Gasteiger charge is -2.32. The summed E-state index contributed by atoms with van der Waals surface area (Å²) in [6.07, 6.45) is 6.12. The molecular weight excluding hydrogens is 342 g/mol. The van der Waals surface area contributed by atoms with Crippen LogP contribution in [-0.2, 0) is 19.9 Å². The van der Waals surface area contributed by atoms with Gasteiger partial charge in [0.05, 0.1) is 12.8 Å². The summed E-state index contributed by atoms with van der Waals surface area (Å²) in [5.74, 6) is 1.79. The predicted molar refractivity (Wildman–Crippen MR) is 102 cm³/mol. The molecule has 1 amide bonds. The Hall–Kier alpha value is -2.50. The van der Waals surface area contributed by atoms with E-state index in [9.17, 15) is 4.79 Å². The van der Waals surface area contributed by atoms with Crippen LogP contribution >= 0.6 is 0 Å². The lowest BCUT2D eigenvalue weighted by molar-refractivity contribution is 0.0584. The van der Waals surface area contributed by atoms with Gasteiger partial charge in [-0.05, 0) is 49.9 Å². The number of aromatic nitrogens is 2. The molecular formula is C21H27N3O3. The van der Waals surface area contributed by atoms with Crippen molar-refractivity contribution < 1.29 is 14.3 Å². The number of amides is 1. The fourth-order valence-corrected chi connectivity index (χ4v) is 4.12. The maximum Gasteiger partial charge on any atom is 0.272 e. The SMILES string of the molecule is COc1ccc(OC2CCN(C(=O)c3c4c(nn3C)CCCC4)CC2)cc1. The quantitative estimate of drug-likeness (QED) is 0.831. The van der Waals surface area contributed by atoms with E-state index in [1.807, 2.05) is 36.2 Å². The zero-order valence-corrected chi connectivity index (χ0v) is 16.1. The normalized spacial score (nSPS) is 17.5.